The molecule has 1 atom stereocenters. The molecule has 0 aliphatic rings. The second kappa shape index (κ2) is 5.00. The van der Waals surface area contributed by atoms with Gasteiger partial charge in [0, 0.05) is 15.4 Å². The molecule has 1 unspecified atom stereocenters. The van der Waals surface area contributed by atoms with Crippen LogP contribution >= 0.6 is 15.9 Å². The highest BCUT2D eigenvalue weighted by Crippen LogP contribution is 2.29. The fraction of sp³-hybridized carbons (Fsp3) is 0.0667. The number of benzene rings is 2. The first-order chi connectivity index (χ1) is 9.54. The zero-order chi connectivity index (χ0) is 14.3. The van der Waals surface area contributed by atoms with Crippen molar-refractivity contribution >= 4 is 26.9 Å². The van der Waals surface area contributed by atoms with Gasteiger partial charge >= 0.3 is 0 Å². The van der Waals surface area contributed by atoms with E-state index >= 15 is 0 Å². The van der Waals surface area contributed by atoms with Gasteiger partial charge in [-0.3, -0.25) is 0 Å². The van der Waals surface area contributed by atoms with Crippen molar-refractivity contribution in [2.45, 2.75) is 6.04 Å². The van der Waals surface area contributed by atoms with E-state index in [1.54, 1.807) is 18.2 Å². The third-order valence-electron chi connectivity index (χ3n) is 3.10. The zero-order valence-corrected chi connectivity index (χ0v) is 11.8. The fourth-order valence-corrected chi connectivity index (χ4v) is 2.47. The molecule has 0 radical (unpaired) electrons. The van der Waals surface area contributed by atoms with Gasteiger partial charge in [-0.1, -0.05) is 15.9 Å². The van der Waals surface area contributed by atoms with E-state index < -0.39 is 11.9 Å². The zero-order valence-electron chi connectivity index (χ0n) is 10.2. The maximum atomic E-state index is 13.8. The van der Waals surface area contributed by atoms with Crippen LogP contribution in [-0.4, -0.2) is 0 Å². The lowest BCUT2D eigenvalue weighted by Gasteiger charge is -2.10. The second-order valence-electron chi connectivity index (χ2n) is 4.47. The molecule has 0 aliphatic carbocycles. The van der Waals surface area contributed by atoms with Gasteiger partial charge in [0.05, 0.1) is 6.04 Å². The van der Waals surface area contributed by atoms with E-state index in [-0.39, 0.29) is 5.82 Å². The summed E-state index contributed by atoms with van der Waals surface area (Å²) in [7, 11) is 0. The Morgan fingerprint density at radius 3 is 2.65 bits per heavy atom. The Morgan fingerprint density at radius 1 is 1.05 bits per heavy atom. The first-order valence-corrected chi connectivity index (χ1v) is 6.73. The number of hydrogen-bond donors (Lipinski definition) is 1. The number of halogens is 3. The summed E-state index contributed by atoms with van der Waals surface area (Å²) < 4.78 is 33.3. The van der Waals surface area contributed by atoms with E-state index in [0.717, 1.165) is 4.47 Å². The Morgan fingerprint density at radius 2 is 1.85 bits per heavy atom. The highest BCUT2D eigenvalue weighted by molar-refractivity contribution is 9.10. The van der Waals surface area contributed by atoms with Gasteiger partial charge in [0.1, 0.15) is 23.0 Å². The molecule has 0 spiro atoms. The summed E-state index contributed by atoms with van der Waals surface area (Å²) in [5.41, 5.74) is 6.88. The molecular weight excluding hydrogens is 328 g/mol. The summed E-state index contributed by atoms with van der Waals surface area (Å²) >= 11 is 3.28. The lowest BCUT2D eigenvalue weighted by Crippen LogP contribution is -2.12. The van der Waals surface area contributed by atoms with Crippen LogP contribution in [-0.2, 0) is 0 Å². The van der Waals surface area contributed by atoms with Crippen molar-refractivity contribution in [1.29, 1.82) is 0 Å². The van der Waals surface area contributed by atoms with Gasteiger partial charge in [0.25, 0.3) is 0 Å². The molecule has 5 heteroatoms. The van der Waals surface area contributed by atoms with Crippen LogP contribution in [0.25, 0.3) is 11.0 Å². The van der Waals surface area contributed by atoms with Crippen LogP contribution in [0.15, 0.2) is 51.4 Å². The summed E-state index contributed by atoms with van der Waals surface area (Å²) in [4.78, 5) is 0. The van der Waals surface area contributed by atoms with Crippen LogP contribution in [0.4, 0.5) is 8.78 Å². The Kier molecular flexibility index (Phi) is 3.31. The molecule has 3 rings (SSSR count). The van der Waals surface area contributed by atoms with E-state index in [1.165, 1.54) is 24.3 Å². The average Bonchev–Trinajstić information content (AvgIpc) is 2.83. The maximum absolute atomic E-state index is 13.8. The van der Waals surface area contributed by atoms with Gasteiger partial charge in [0.2, 0.25) is 0 Å². The molecule has 0 bridgehead atoms. The number of rotatable bonds is 2. The van der Waals surface area contributed by atoms with Crippen LogP contribution < -0.4 is 5.73 Å². The second-order valence-corrected chi connectivity index (χ2v) is 5.39. The van der Waals surface area contributed by atoms with Gasteiger partial charge in [-0.05, 0) is 42.5 Å². The fourth-order valence-electron chi connectivity index (χ4n) is 2.09. The van der Waals surface area contributed by atoms with Crippen molar-refractivity contribution in [3.8, 4) is 0 Å². The van der Waals surface area contributed by atoms with E-state index in [0.29, 0.717) is 22.3 Å². The molecule has 0 saturated carbocycles. The van der Waals surface area contributed by atoms with Crippen molar-refractivity contribution < 1.29 is 13.2 Å². The molecule has 3 aromatic rings. The molecule has 20 heavy (non-hydrogen) atoms. The summed E-state index contributed by atoms with van der Waals surface area (Å²) in [6.45, 7) is 0. The normalized spacial score (nSPS) is 12.8. The number of furan rings is 1. The molecule has 0 amide bonds. The van der Waals surface area contributed by atoms with E-state index in [1.807, 2.05) is 0 Å². The molecule has 0 aliphatic heterocycles. The minimum Gasteiger partial charge on any atom is -0.459 e. The maximum Gasteiger partial charge on any atom is 0.134 e. The average molecular weight is 338 g/mol. The van der Waals surface area contributed by atoms with E-state index in [9.17, 15) is 8.78 Å². The van der Waals surface area contributed by atoms with Crippen molar-refractivity contribution in [3.05, 3.63) is 69.9 Å². The molecule has 1 aromatic heterocycles. The van der Waals surface area contributed by atoms with Crippen molar-refractivity contribution in [2.24, 2.45) is 5.73 Å². The van der Waals surface area contributed by atoms with Crippen molar-refractivity contribution in [1.82, 2.24) is 0 Å². The standard InChI is InChI=1S/C15H10BrF2NO/c16-9-1-3-12(18)11(7-9)15(19)14-6-8-5-10(17)2-4-13(8)20-14/h1-7,15H,19H2. The van der Waals surface area contributed by atoms with Gasteiger partial charge in [-0.25, -0.2) is 8.78 Å². The molecule has 102 valence electrons. The lowest BCUT2D eigenvalue weighted by atomic mass is 10.0. The summed E-state index contributed by atoms with van der Waals surface area (Å²) in [6.07, 6.45) is 0. The first kappa shape index (κ1) is 13.3. The van der Waals surface area contributed by atoms with Gasteiger partial charge in [0.15, 0.2) is 0 Å². The van der Waals surface area contributed by atoms with Crippen molar-refractivity contribution in [3.63, 3.8) is 0 Å². The largest absolute Gasteiger partial charge is 0.459 e. The lowest BCUT2D eigenvalue weighted by molar-refractivity contribution is 0.509. The quantitative estimate of drug-likeness (QED) is 0.746. The van der Waals surface area contributed by atoms with Crippen LogP contribution in [0, 0.1) is 11.6 Å². The summed E-state index contributed by atoms with van der Waals surface area (Å²) in [6, 6.07) is 9.60. The topological polar surface area (TPSA) is 39.2 Å². The highest BCUT2D eigenvalue weighted by atomic mass is 79.9. The molecule has 0 fully saturated rings. The SMILES string of the molecule is NC(c1cc2cc(F)ccc2o1)c1cc(Br)ccc1F. The predicted molar refractivity (Wildman–Crippen MR) is 76.3 cm³/mol. The molecule has 2 N–H and O–H groups in total. The Labute approximate surface area is 122 Å². The third kappa shape index (κ3) is 2.34. The smallest absolute Gasteiger partial charge is 0.134 e. The third-order valence-corrected chi connectivity index (χ3v) is 3.59. The molecule has 0 saturated heterocycles. The molecule has 2 nitrogen and oxygen atoms in total. The van der Waals surface area contributed by atoms with Crippen LogP contribution in [0.1, 0.15) is 17.4 Å². The Hall–Kier alpha value is -1.72. The number of nitrogens with two attached hydrogens (primary N) is 1. The minimum atomic E-state index is -0.747. The van der Waals surface area contributed by atoms with E-state index in [4.69, 9.17) is 10.2 Å². The van der Waals surface area contributed by atoms with Gasteiger partial charge in [-0.2, -0.15) is 0 Å². The molecular formula is C15H10BrF2NO. The van der Waals surface area contributed by atoms with Crippen LogP contribution in [0.3, 0.4) is 0 Å². The van der Waals surface area contributed by atoms with Gasteiger partial charge in [-0.15, -0.1) is 0 Å². The van der Waals surface area contributed by atoms with Crippen molar-refractivity contribution in [2.75, 3.05) is 0 Å². The Bertz CT molecular complexity index is 785. The van der Waals surface area contributed by atoms with Crippen LogP contribution in [0.5, 0.6) is 0 Å². The first-order valence-electron chi connectivity index (χ1n) is 5.94. The molecule has 2 aromatic carbocycles. The summed E-state index contributed by atoms with van der Waals surface area (Å²) in [5, 5.41) is 0.603. The molecule has 1 heterocycles. The van der Waals surface area contributed by atoms with E-state index in [2.05, 4.69) is 15.9 Å². The number of fused-ring (bicyclic) bond motifs is 1. The van der Waals surface area contributed by atoms with Crippen LogP contribution in [0.2, 0.25) is 0 Å². The Balaban J connectivity index is 2.07. The summed E-state index contributed by atoms with van der Waals surface area (Å²) in [5.74, 6) is -0.373. The predicted octanol–water partition coefficient (Wildman–Crippen LogP) is 4.52. The minimum absolute atomic E-state index is 0.318. The monoisotopic (exact) mass is 337 g/mol. The van der Waals surface area contributed by atoms with Gasteiger partial charge < -0.3 is 10.2 Å². The highest BCUT2D eigenvalue weighted by Gasteiger charge is 2.18. The number of hydrogen-bond acceptors (Lipinski definition) is 2.